The van der Waals surface area contributed by atoms with Crippen LogP contribution in [0.2, 0.25) is 0 Å². The predicted molar refractivity (Wildman–Crippen MR) is 132 cm³/mol. The molecule has 0 amide bonds. The summed E-state index contributed by atoms with van der Waals surface area (Å²) < 4.78 is 4.39. The van der Waals surface area contributed by atoms with Crippen molar-refractivity contribution in [3.05, 3.63) is 72.2 Å². The lowest BCUT2D eigenvalue weighted by molar-refractivity contribution is 0.139. The van der Waals surface area contributed by atoms with E-state index in [1.807, 2.05) is 30.6 Å². The molecule has 2 fully saturated rings. The quantitative estimate of drug-likeness (QED) is 0.364. The van der Waals surface area contributed by atoms with Crippen LogP contribution in [0.5, 0.6) is 0 Å². The Bertz CT molecular complexity index is 1420. The maximum Gasteiger partial charge on any atom is 0.185 e. The molecule has 0 unspecified atom stereocenters. The van der Waals surface area contributed by atoms with Gasteiger partial charge in [-0.15, -0.1) is 10.2 Å². The number of hydrogen-bond acceptors (Lipinski definition) is 4. The minimum atomic E-state index is 0.566. The van der Waals surface area contributed by atoms with Gasteiger partial charge < -0.3 is 9.47 Å². The maximum atomic E-state index is 9.12. The Balaban J connectivity index is 1.24. The van der Waals surface area contributed by atoms with Gasteiger partial charge in [-0.25, -0.2) is 0 Å². The summed E-state index contributed by atoms with van der Waals surface area (Å²) in [4.78, 5) is 2.56. The molecular formula is C28H26N6. The first-order valence-corrected chi connectivity index (χ1v) is 12.2. The van der Waals surface area contributed by atoms with E-state index in [2.05, 4.69) is 60.8 Å². The fourth-order valence-corrected chi connectivity index (χ4v) is 6.19. The first-order valence-electron chi connectivity index (χ1n) is 12.2. The molecule has 1 spiro atoms. The van der Waals surface area contributed by atoms with Crippen LogP contribution in [0.25, 0.3) is 28.3 Å². The summed E-state index contributed by atoms with van der Waals surface area (Å²) in [6.07, 6.45) is 11.0. The monoisotopic (exact) mass is 446 g/mol. The Morgan fingerprint density at radius 3 is 2.53 bits per heavy atom. The third-order valence-electron chi connectivity index (χ3n) is 8.02. The molecule has 2 aliphatic heterocycles. The highest BCUT2D eigenvalue weighted by atomic mass is 15.3. The molecule has 1 saturated carbocycles. The fraction of sp³-hybridized carbons (Fsp3) is 0.321. The van der Waals surface area contributed by atoms with Gasteiger partial charge in [0, 0.05) is 42.5 Å². The van der Waals surface area contributed by atoms with Crippen LogP contribution in [0.3, 0.4) is 0 Å². The lowest BCUT2D eigenvalue weighted by Gasteiger charge is -2.53. The average molecular weight is 447 g/mol. The summed E-state index contributed by atoms with van der Waals surface area (Å²) in [5.41, 5.74) is 8.27. The molecule has 4 aromatic rings. The lowest BCUT2D eigenvalue weighted by atomic mass is 9.68. The zero-order chi connectivity index (χ0) is 22.7. The molecule has 168 valence electrons. The molecule has 1 aliphatic carbocycles. The Morgan fingerprint density at radius 1 is 0.912 bits per heavy atom. The van der Waals surface area contributed by atoms with Crippen molar-refractivity contribution in [1.29, 1.82) is 5.26 Å². The van der Waals surface area contributed by atoms with Crippen LogP contribution in [0.1, 0.15) is 43.2 Å². The second-order valence-electron chi connectivity index (χ2n) is 10.2. The molecule has 2 aromatic heterocycles. The molecule has 4 heterocycles. The van der Waals surface area contributed by atoms with Crippen LogP contribution < -0.4 is 4.90 Å². The number of nitrogens with zero attached hydrogens (tertiary/aromatic N) is 6. The Morgan fingerprint density at radius 2 is 1.74 bits per heavy atom. The van der Waals surface area contributed by atoms with Crippen LogP contribution in [-0.2, 0) is 6.54 Å². The van der Waals surface area contributed by atoms with Crippen molar-refractivity contribution in [2.75, 3.05) is 18.0 Å². The van der Waals surface area contributed by atoms with Gasteiger partial charge in [0.1, 0.15) is 6.33 Å². The highest BCUT2D eigenvalue weighted by molar-refractivity contribution is 5.72. The van der Waals surface area contributed by atoms with Crippen molar-refractivity contribution in [1.82, 2.24) is 19.3 Å². The van der Waals surface area contributed by atoms with E-state index < -0.39 is 0 Å². The SMILES string of the molecule is N#Cc1ccc(-c2cc3n(c2)Cc2cc(N4CC5(CCCCC5)C4)ccc2-n2cnnc2-3)cc1. The molecule has 2 aromatic carbocycles. The summed E-state index contributed by atoms with van der Waals surface area (Å²) >= 11 is 0. The Labute approximate surface area is 199 Å². The number of anilines is 1. The molecule has 3 aliphatic rings. The first-order chi connectivity index (χ1) is 16.7. The van der Waals surface area contributed by atoms with Gasteiger partial charge in [0.25, 0.3) is 0 Å². The minimum Gasteiger partial charge on any atom is -0.370 e. The zero-order valence-electron chi connectivity index (χ0n) is 19.1. The topological polar surface area (TPSA) is 62.7 Å². The first kappa shape index (κ1) is 19.6. The maximum absolute atomic E-state index is 9.12. The van der Waals surface area contributed by atoms with Gasteiger partial charge >= 0.3 is 0 Å². The van der Waals surface area contributed by atoms with E-state index in [-0.39, 0.29) is 0 Å². The third kappa shape index (κ3) is 3.00. The van der Waals surface area contributed by atoms with Crippen molar-refractivity contribution in [2.24, 2.45) is 5.41 Å². The molecule has 0 radical (unpaired) electrons. The molecule has 7 rings (SSSR count). The van der Waals surface area contributed by atoms with Gasteiger partial charge in [0.15, 0.2) is 5.82 Å². The second-order valence-corrected chi connectivity index (χ2v) is 10.2. The molecular weight excluding hydrogens is 420 g/mol. The second kappa shape index (κ2) is 7.33. The van der Waals surface area contributed by atoms with Gasteiger partial charge in [-0.3, -0.25) is 4.57 Å². The molecule has 6 nitrogen and oxygen atoms in total. The van der Waals surface area contributed by atoms with Crippen LogP contribution in [0.15, 0.2) is 61.1 Å². The van der Waals surface area contributed by atoms with E-state index in [0.717, 1.165) is 34.9 Å². The third-order valence-corrected chi connectivity index (χ3v) is 8.02. The van der Waals surface area contributed by atoms with Crippen LogP contribution in [0, 0.1) is 16.7 Å². The number of benzene rings is 2. The predicted octanol–water partition coefficient (Wildman–Crippen LogP) is 5.41. The van der Waals surface area contributed by atoms with Crippen molar-refractivity contribution in [3.8, 4) is 34.4 Å². The van der Waals surface area contributed by atoms with Crippen molar-refractivity contribution >= 4 is 5.69 Å². The van der Waals surface area contributed by atoms with Crippen LogP contribution in [-0.4, -0.2) is 32.4 Å². The summed E-state index contributed by atoms with van der Waals surface area (Å²) in [6.45, 7) is 3.18. The largest absolute Gasteiger partial charge is 0.370 e. The molecule has 0 bridgehead atoms. The summed E-state index contributed by atoms with van der Waals surface area (Å²) in [5, 5.41) is 17.8. The van der Waals surface area contributed by atoms with Gasteiger partial charge in [0.2, 0.25) is 0 Å². The van der Waals surface area contributed by atoms with E-state index in [1.165, 1.54) is 56.4 Å². The molecule has 6 heteroatoms. The van der Waals surface area contributed by atoms with Crippen molar-refractivity contribution in [2.45, 2.75) is 38.6 Å². The van der Waals surface area contributed by atoms with E-state index in [4.69, 9.17) is 5.26 Å². The van der Waals surface area contributed by atoms with E-state index in [0.29, 0.717) is 11.0 Å². The normalized spacial score (nSPS) is 17.8. The molecule has 1 saturated heterocycles. The number of fused-ring (bicyclic) bond motifs is 5. The smallest absolute Gasteiger partial charge is 0.185 e. The van der Waals surface area contributed by atoms with E-state index in [1.54, 1.807) is 0 Å². The Kier molecular flexibility index (Phi) is 4.22. The van der Waals surface area contributed by atoms with Crippen LogP contribution in [0.4, 0.5) is 5.69 Å². The van der Waals surface area contributed by atoms with Gasteiger partial charge in [0.05, 0.1) is 23.0 Å². The highest BCUT2D eigenvalue weighted by Gasteiger charge is 2.43. The molecule has 34 heavy (non-hydrogen) atoms. The van der Waals surface area contributed by atoms with E-state index >= 15 is 0 Å². The van der Waals surface area contributed by atoms with Gasteiger partial charge in [-0.1, -0.05) is 31.4 Å². The lowest BCUT2D eigenvalue weighted by Crippen LogP contribution is -2.57. The van der Waals surface area contributed by atoms with Crippen molar-refractivity contribution < 1.29 is 0 Å². The van der Waals surface area contributed by atoms with Gasteiger partial charge in [-0.05, 0) is 60.4 Å². The van der Waals surface area contributed by atoms with Gasteiger partial charge in [-0.2, -0.15) is 5.26 Å². The highest BCUT2D eigenvalue weighted by Crippen LogP contribution is 2.46. The fourth-order valence-electron chi connectivity index (χ4n) is 6.19. The summed E-state index contributed by atoms with van der Waals surface area (Å²) in [5.74, 6) is 0.858. The number of hydrogen-bond donors (Lipinski definition) is 0. The summed E-state index contributed by atoms with van der Waals surface area (Å²) in [6, 6.07) is 19.0. The minimum absolute atomic E-state index is 0.566. The number of aromatic nitrogens is 4. The average Bonchev–Trinajstić information content (AvgIpc) is 3.48. The molecule has 0 atom stereocenters. The van der Waals surface area contributed by atoms with E-state index in [9.17, 15) is 0 Å². The number of nitriles is 1. The zero-order valence-corrected chi connectivity index (χ0v) is 19.1. The molecule has 0 N–H and O–H groups in total. The standard InChI is InChI=1S/C28H26N6/c29-14-20-4-6-21(7-5-20)22-13-26-27-31-30-19-34(27)25-9-8-24(12-23(25)16-32(26)15-22)33-17-28(18-33)10-2-1-3-11-28/h4-9,12-13,15,19H,1-3,10-11,16-18H2. The van der Waals surface area contributed by atoms with Crippen LogP contribution >= 0.6 is 0 Å². The van der Waals surface area contributed by atoms with Crippen molar-refractivity contribution in [3.63, 3.8) is 0 Å². The Hall–Kier alpha value is -3.85. The summed E-state index contributed by atoms with van der Waals surface area (Å²) in [7, 11) is 0. The number of rotatable bonds is 2.